The number of aromatic nitrogens is 4. The van der Waals surface area contributed by atoms with Crippen LogP contribution in [0.2, 0.25) is 0 Å². The van der Waals surface area contributed by atoms with Crippen molar-refractivity contribution in [3.05, 3.63) is 60.2 Å². The number of benzene rings is 1. The molecule has 0 N–H and O–H groups in total. The molecule has 114 valence electrons. The van der Waals surface area contributed by atoms with E-state index in [1.54, 1.807) is 0 Å². The van der Waals surface area contributed by atoms with Crippen LogP contribution in [0, 0.1) is 0 Å². The van der Waals surface area contributed by atoms with Crippen LogP contribution in [-0.4, -0.2) is 49.0 Å². The van der Waals surface area contributed by atoms with E-state index in [4.69, 9.17) is 0 Å². The Balaban J connectivity index is 1.60. The Morgan fingerprint density at radius 2 is 1.36 bits per heavy atom. The molecule has 0 aliphatic rings. The van der Waals surface area contributed by atoms with Gasteiger partial charge in [0.25, 0.3) is 0 Å². The van der Waals surface area contributed by atoms with Gasteiger partial charge in [-0.2, -0.15) is 0 Å². The van der Waals surface area contributed by atoms with Gasteiger partial charge in [0.2, 0.25) is 0 Å². The summed E-state index contributed by atoms with van der Waals surface area (Å²) in [6.45, 7) is 0. The van der Waals surface area contributed by atoms with Crippen LogP contribution in [0.4, 0.5) is 0 Å². The fourth-order valence-corrected chi connectivity index (χ4v) is 5.76. The normalized spacial score (nSPS) is 11.0. The molecule has 0 fully saturated rings. The Hall–Kier alpha value is -1.32. The summed E-state index contributed by atoms with van der Waals surface area (Å²) in [6.07, 6.45) is 7.79. The van der Waals surface area contributed by atoms with E-state index >= 15 is 0 Å². The standard InChI is InChI=1S/C16H18N4Se2/c1-19-8-6-17-15(19)21-11-13-4-3-5-14(10-13)12-22-16-18-7-9-20(16)2/h3-10H,11-12H2,1-2H3. The van der Waals surface area contributed by atoms with Crippen molar-refractivity contribution in [3.8, 4) is 0 Å². The molecule has 0 saturated heterocycles. The number of aryl methyl sites for hydroxylation is 2. The number of hydrogen-bond donors (Lipinski definition) is 0. The summed E-state index contributed by atoms with van der Waals surface area (Å²) in [5.41, 5.74) is 2.83. The molecule has 3 rings (SSSR count). The Morgan fingerprint density at radius 1 is 0.864 bits per heavy atom. The van der Waals surface area contributed by atoms with Gasteiger partial charge >= 0.3 is 143 Å². The van der Waals surface area contributed by atoms with Crippen molar-refractivity contribution in [1.82, 2.24) is 19.1 Å². The maximum atomic E-state index is 4.42. The second kappa shape index (κ2) is 7.30. The van der Waals surface area contributed by atoms with Gasteiger partial charge in [-0.1, -0.05) is 0 Å². The molecule has 22 heavy (non-hydrogen) atoms. The Morgan fingerprint density at radius 3 is 1.77 bits per heavy atom. The van der Waals surface area contributed by atoms with Gasteiger partial charge < -0.3 is 0 Å². The molecule has 0 atom stereocenters. The molecule has 2 heterocycles. The molecule has 0 aliphatic heterocycles. The number of hydrogen-bond acceptors (Lipinski definition) is 2. The van der Waals surface area contributed by atoms with Crippen LogP contribution in [0.25, 0.3) is 0 Å². The topological polar surface area (TPSA) is 35.6 Å². The van der Waals surface area contributed by atoms with Crippen molar-refractivity contribution < 1.29 is 0 Å². The molecule has 0 radical (unpaired) electrons. The van der Waals surface area contributed by atoms with Crippen molar-refractivity contribution in [1.29, 1.82) is 0 Å². The third kappa shape index (κ3) is 3.90. The van der Waals surface area contributed by atoms with Gasteiger partial charge in [-0.3, -0.25) is 0 Å². The molecule has 0 bridgehead atoms. The molecular weight excluding hydrogens is 406 g/mol. The molecule has 0 aliphatic carbocycles. The zero-order valence-electron chi connectivity index (χ0n) is 12.6. The van der Waals surface area contributed by atoms with Gasteiger partial charge in [0.1, 0.15) is 0 Å². The monoisotopic (exact) mass is 426 g/mol. The van der Waals surface area contributed by atoms with Crippen molar-refractivity contribution in [2.24, 2.45) is 14.1 Å². The molecule has 0 saturated carbocycles. The number of imidazole rings is 2. The third-order valence-electron chi connectivity index (χ3n) is 3.28. The number of rotatable bonds is 6. The van der Waals surface area contributed by atoms with Crippen molar-refractivity contribution in [2.75, 3.05) is 0 Å². The van der Waals surface area contributed by atoms with Crippen LogP contribution in [0.3, 0.4) is 0 Å². The van der Waals surface area contributed by atoms with Crippen LogP contribution >= 0.6 is 0 Å². The predicted molar refractivity (Wildman–Crippen MR) is 91.0 cm³/mol. The molecule has 1 aromatic carbocycles. The Bertz CT molecular complexity index is 688. The van der Waals surface area contributed by atoms with Crippen LogP contribution < -0.4 is 9.45 Å². The van der Waals surface area contributed by atoms with Gasteiger partial charge in [-0.05, 0) is 0 Å². The average molecular weight is 424 g/mol. The molecule has 4 nitrogen and oxygen atoms in total. The summed E-state index contributed by atoms with van der Waals surface area (Å²) in [5.74, 6) is 0. The fraction of sp³-hybridized carbons (Fsp3) is 0.250. The fourth-order valence-electron chi connectivity index (χ4n) is 2.09. The SMILES string of the molecule is Cn1ccnc1[Se]Cc1cccc(C[Se]c2nccn2C)c1. The van der Waals surface area contributed by atoms with E-state index in [9.17, 15) is 0 Å². The molecular formula is C16H18N4Se2. The van der Waals surface area contributed by atoms with Crippen LogP contribution in [0.5, 0.6) is 0 Å². The Kier molecular flexibility index (Phi) is 5.16. The van der Waals surface area contributed by atoms with Crippen molar-refractivity contribution in [2.45, 2.75) is 10.6 Å². The predicted octanol–water partition coefficient (Wildman–Crippen LogP) is 0.213. The Labute approximate surface area is 143 Å². The minimum atomic E-state index is 0.391. The van der Waals surface area contributed by atoms with Crippen molar-refractivity contribution in [3.63, 3.8) is 0 Å². The van der Waals surface area contributed by atoms with Gasteiger partial charge in [0.05, 0.1) is 0 Å². The van der Waals surface area contributed by atoms with Gasteiger partial charge in [-0.25, -0.2) is 0 Å². The molecule has 0 spiro atoms. The zero-order valence-corrected chi connectivity index (χ0v) is 16.1. The van der Waals surface area contributed by atoms with E-state index in [1.807, 2.05) is 24.8 Å². The third-order valence-corrected chi connectivity index (χ3v) is 8.02. The van der Waals surface area contributed by atoms with Crippen LogP contribution in [-0.2, 0) is 24.7 Å². The molecule has 0 amide bonds. The summed E-state index contributed by atoms with van der Waals surface area (Å²) < 4.78 is 6.65. The van der Waals surface area contributed by atoms with E-state index in [0.717, 1.165) is 10.6 Å². The first-order chi connectivity index (χ1) is 10.7. The van der Waals surface area contributed by atoms with E-state index in [2.05, 4.69) is 57.5 Å². The maximum absolute atomic E-state index is 4.42. The first-order valence-electron chi connectivity index (χ1n) is 7.00. The summed E-state index contributed by atoms with van der Waals surface area (Å²) in [6, 6.07) is 8.97. The van der Waals surface area contributed by atoms with E-state index < -0.39 is 0 Å². The first kappa shape index (κ1) is 15.6. The zero-order chi connectivity index (χ0) is 15.4. The molecule has 3 aromatic rings. The summed E-state index contributed by atoms with van der Waals surface area (Å²) >= 11 is 0.781. The second-order valence-electron chi connectivity index (χ2n) is 5.04. The van der Waals surface area contributed by atoms with E-state index in [-0.39, 0.29) is 0 Å². The van der Waals surface area contributed by atoms with Crippen molar-refractivity contribution >= 4 is 39.4 Å². The second-order valence-corrected chi connectivity index (χ2v) is 8.99. The van der Waals surface area contributed by atoms with Crippen LogP contribution in [0.1, 0.15) is 11.1 Å². The van der Waals surface area contributed by atoms with E-state index in [0.29, 0.717) is 29.9 Å². The summed E-state index contributed by atoms with van der Waals surface area (Å²) in [5, 5.41) is 2.20. The van der Waals surface area contributed by atoms with E-state index in [1.165, 1.54) is 20.6 Å². The molecule has 0 unspecified atom stereocenters. The van der Waals surface area contributed by atoms with Gasteiger partial charge in [0.15, 0.2) is 0 Å². The quantitative estimate of drug-likeness (QED) is 0.531. The summed E-state index contributed by atoms with van der Waals surface area (Å²) in [7, 11) is 4.13. The average Bonchev–Trinajstić information content (AvgIpc) is 3.12. The van der Waals surface area contributed by atoms with Gasteiger partial charge in [-0.15, -0.1) is 0 Å². The van der Waals surface area contributed by atoms with Gasteiger partial charge in [0, 0.05) is 0 Å². The molecule has 2 aromatic heterocycles. The number of nitrogens with zero attached hydrogens (tertiary/aromatic N) is 4. The first-order valence-corrected chi connectivity index (χ1v) is 11.1. The molecule has 6 heteroatoms. The summed E-state index contributed by atoms with van der Waals surface area (Å²) in [4.78, 5) is 8.83. The van der Waals surface area contributed by atoms with Crippen LogP contribution in [0.15, 0.2) is 49.1 Å². The minimum absolute atomic E-state index is 0.391.